The molecule has 3 aliphatic heterocycles. The van der Waals surface area contributed by atoms with E-state index in [0.717, 1.165) is 4.90 Å². The molecule has 2 aromatic rings. The summed E-state index contributed by atoms with van der Waals surface area (Å²) in [6.45, 7) is 28.9. The lowest BCUT2D eigenvalue weighted by molar-refractivity contribution is -0.178. The number of ketones is 2. The Kier molecular flexibility index (Phi) is 25.0. The van der Waals surface area contributed by atoms with E-state index in [1.54, 1.807) is 46.9 Å². The van der Waals surface area contributed by atoms with Crippen molar-refractivity contribution in [3.63, 3.8) is 0 Å². The van der Waals surface area contributed by atoms with Gasteiger partial charge in [-0.05, 0) is 107 Å². The van der Waals surface area contributed by atoms with Gasteiger partial charge in [0.15, 0.2) is 23.7 Å². The fourth-order valence-electron chi connectivity index (χ4n) is 12.9. The van der Waals surface area contributed by atoms with Crippen LogP contribution < -0.4 is 10.8 Å². The minimum atomic E-state index is -1.95. The number of esters is 1. The molecule has 5 rings (SSSR count). The van der Waals surface area contributed by atoms with E-state index >= 15 is 28.8 Å². The third-order valence-electron chi connectivity index (χ3n) is 19.1. The first kappa shape index (κ1) is 72.8. The number of fused-ring (bicyclic) bond motifs is 1. The average molecular weight is 1230 g/mol. The van der Waals surface area contributed by atoms with E-state index in [4.69, 9.17) is 14.0 Å². The lowest BCUT2D eigenvalue weighted by atomic mass is 9.78. The van der Waals surface area contributed by atoms with Crippen LogP contribution in [0.1, 0.15) is 167 Å². The summed E-state index contributed by atoms with van der Waals surface area (Å²) < 4.78 is 19.0. The summed E-state index contributed by atoms with van der Waals surface area (Å²) in [5.74, 6) is -9.60. The van der Waals surface area contributed by atoms with Crippen LogP contribution in [0.4, 0.5) is 0 Å². The van der Waals surface area contributed by atoms with E-state index in [9.17, 15) is 19.5 Å². The number of carbonyl (C=O) groups excluding carboxylic acids is 9. The minimum absolute atomic E-state index is 0.0280. The van der Waals surface area contributed by atoms with Crippen molar-refractivity contribution in [2.75, 3.05) is 34.7 Å². The number of nitrogens with one attached hydrogen (secondary N) is 1. The van der Waals surface area contributed by atoms with Gasteiger partial charge < -0.3 is 49.0 Å². The molecular weight excluding hydrogens is 1120 g/mol. The monoisotopic (exact) mass is 1220 g/mol. The predicted octanol–water partition coefficient (Wildman–Crippen LogP) is 6.85. The van der Waals surface area contributed by atoms with Crippen LogP contribution >= 0.6 is 0 Å². The zero-order valence-corrected chi connectivity index (χ0v) is 56.5. The van der Waals surface area contributed by atoms with Gasteiger partial charge in [0.05, 0.1) is 28.9 Å². The van der Waals surface area contributed by atoms with Crippen LogP contribution in [-0.2, 0) is 70.0 Å². The number of ether oxygens (including phenoxy) is 1. The number of amides is 6. The van der Waals surface area contributed by atoms with Crippen LogP contribution in [0, 0.1) is 41.4 Å². The van der Waals surface area contributed by atoms with Crippen LogP contribution in [0.2, 0.25) is 0 Å². The second-order valence-corrected chi connectivity index (χ2v) is 28.1. The Bertz CT molecular complexity index is 2780. The molecule has 3 unspecified atom stereocenters. The van der Waals surface area contributed by atoms with Crippen molar-refractivity contribution in [2.45, 2.75) is 228 Å². The fourth-order valence-corrected chi connectivity index (χ4v) is 12.9. The van der Waals surface area contributed by atoms with Crippen molar-refractivity contribution in [1.82, 2.24) is 29.8 Å². The Balaban J connectivity index is 1.73. The molecule has 0 spiro atoms. The number of hydrogen-bond acceptors (Lipinski definition) is 13. The highest BCUT2D eigenvalue weighted by Gasteiger charge is 2.53. The molecule has 3 saturated heterocycles. The van der Waals surface area contributed by atoms with Gasteiger partial charge in [0.2, 0.25) is 29.5 Å². The normalized spacial score (nSPS) is 27.4. The quantitative estimate of drug-likeness (QED) is 0.146. The first-order valence-electron chi connectivity index (χ1n) is 32.0. The molecule has 488 valence electrons. The Hall–Kier alpha value is -5.99. The summed E-state index contributed by atoms with van der Waals surface area (Å²) >= 11 is 0. The predicted molar refractivity (Wildman–Crippen MR) is 339 cm³/mol. The first-order chi connectivity index (χ1) is 40.9. The molecule has 19 nitrogen and oxygen atoms in total. The highest BCUT2D eigenvalue weighted by atomic mass is 16.7. The van der Waals surface area contributed by atoms with Crippen molar-refractivity contribution in [3.05, 3.63) is 65.7 Å². The van der Waals surface area contributed by atoms with Gasteiger partial charge in [-0.1, -0.05) is 130 Å². The Morgan fingerprint density at radius 3 is 1.76 bits per heavy atom. The minimum Gasteiger partial charge on any atom is -0.450 e. The molecule has 11 atom stereocenters. The molecule has 3 aliphatic rings. The van der Waals surface area contributed by atoms with E-state index in [1.807, 2.05) is 112 Å². The van der Waals surface area contributed by atoms with Crippen molar-refractivity contribution in [2.24, 2.45) is 41.4 Å². The van der Waals surface area contributed by atoms with Crippen LogP contribution in [0.3, 0.4) is 0 Å². The Morgan fingerprint density at radius 2 is 1.22 bits per heavy atom. The van der Waals surface area contributed by atoms with Gasteiger partial charge in [-0.25, -0.2) is 4.79 Å². The highest BCUT2D eigenvalue weighted by molar-refractivity contribution is 6.62. The molecule has 0 bridgehead atoms. The summed E-state index contributed by atoms with van der Waals surface area (Å²) in [4.78, 5) is 143. The number of cyclic esters (lactones) is 1. The third kappa shape index (κ3) is 17.1. The van der Waals surface area contributed by atoms with Gasteiger partial charge in [0, 0.05) is 78.2 Å². The van der Waals surface area contributed by atoms with Crippen molar-refractivity contribution in [3.8, 4) is 0 Å². The molecule has 6 amide bonds. The van der Waals surface area contributed by atoms with Crippen LogP contribution in [0.25, 0.3) is 0 Å². The zero-order valence-electron chi connectivity index (χ0n) is 56.5. The standard InChI is InChI=1S/C68H105BN6O13/c1-21-43(9)49-39-53(76)51-32-27-33-75(51)63(82)52(37-46-30-26-31-48(35-46)69-87-67(13,14)68(15,16)88-69)71(17)62(81)50(36-45-28-24-23-25-29-45)70-59(78)56(42(7)8)73(19)64(83)57(44(10)22-2)86-65(84)58(66(11,12)85)74(20)60(79)47(34-40(3)4)38-54(77)55(41(5)6)72(18)61(49)80/h23-26,28-31,35,40-44,47,49-52,55-58,85H,21-22,27,32-34,36-39H2,1-20H3,(H,70,78)/t43?,44?,47-,49+,50+,51+,52?,55+,56+,57-,58-/m1/s1. The molecule has 0 radical (unpaired) electrons. The Labute approximate surface area is 525 Å². The molecule has 2 aromatic carbocycles. The van der Waals surface area contributed by atoms with Gasteiger partial charge >= 0.3 is 13.1 Å². The number of rotatable bonds is 14. The number of benzene rings is 2. The van der Waals surface area contributed by atoms with E-state index in [-0.39, 0.29) is 56.3 Å². The van der Waals surface area contributed by atoms with Gasteiger partial charge in [-0.3, -0.25) is 38.4 Å². The van der Waals surface area contributed by atoms with Gasteiger partial charge in [0.25, 0.3) is 5.91 Å². The molecule has 3 fully saturated rings. The summed E-state index contributed by atoms with van der Waals surface area (Å²) in [5.41, 5.74) is -1.23. The number of likely N-dealkylation sites (N-methyl/N-ethyl adjacent to an activating group) is 4. The van der Waals surface area contributed by atoms with Crippen LogP contribution in [-0.4, -0.2) is 184 Å². The Morgan fingerprint density at radius 1 is 0.648 bits per heavy atom. The summed E-state index contributed by atoms with van der Waals surface area (Å²) in [5, 5.41) is 14.8. The topological polar surface area (TPSA) is 230 Å². The van der Waals surface area contributed by atoms with Crippen molar-refractivity contribution in [1.29, 1.82) is 0 Å². The van der Waals surface area contributed by atoms with Gasteiger partial charge in [-0.2, -0.15) is 0 Å². The summed E-state index contributed by atoms with van der Waals surface area (Å²) in [7, 11) is 5.08. The maximum atomic E-state index is 15.8. The lowest BCUT2D eigenvalue weighted by Gasteiger charge is -2.39. The van der Waals surface area contributed by atoms with Gasteiger partial charge in [0.1, 0.15) is 18.1 Å². The highest BCUT2D eigenvalue weighted by Crippen LogP contribution is 2.37. The van der Waals surface area contributed by atoms with E-state index < -0.39 is 143 Å². The largest absolute Gasteiger partial charge is 0.494 e. The number of Topliss-reactive ketones (excluding diaryl/α,β-unsaturated/α-hetero) is 2. The van der Waals surface area contributed by atoms with Crippen molar-refractivity contribution < 1.29 is 62.3 Å². The molecular formula is C68H105BN6O13. The van der Waals surface area contributed by atoms with Gasteiger partial charge in [-0.15, -0.1) is 0 Å². The third-order valence-corrected chi connectivity index (χ3v) is 19.1. The second kappa shape index (κ2) is 30.2. The van der Waals surface area contributed by atoms with E-state index in [1.165, 1.54) is 54.6 Å². The molecule has 20 heteroatoms. The van der Waals surface area contributed by atoms with E-state index in [0.29, 0.717) is 42.3 Å². The van der Waals surface area contributed by atoms with Crippen molar-refractivity contribution >= 4 is 65.6 Å². The number of carbonyl (C=O) groups is 9. The van der Waals surface area contributed by atoms with E-state index in [2.05, 4.69) is 5.32 Å². The smallest absolute Gasteiger partial charge is 0.450 e. The fraction of sp³-hybridized carbons (Fsp3) is 0.691. The maximum Gasteiger partial charge on any atom is 0.494 e. The average Bonchev–Trinajstić information content (AvgIpc) is 3.38. The molecule has 2 N–H and O–H groups in total. The summed E-state index contributed by atoms with van der Waals surface area (Å²) in [6.07, 6.45) is -0.353. The number of nitrogens with zero attached hydrogens (tertiary/aromatic N) is 5. The molecule has 0 saturated carbocycles. The lowest BCUT2D eigenvalue weighted by Crippen LogP contribution is -2.61. The van der Waals surface area contributed by atoms with Crippen LogP contribution in [0.5, 0.6) is 0 Å². The molecule has 0 aliphatic carbocycles. The summed E-state index contributed by atoms with van der Waals surface area (Å²) in [6, 6.07) is 8.96. The van der Waals surface area contributed by atoms with Crippen LogP contribution in [0.15, 0.2) is 54.6 Å². The number of aliphatic hydroxyl groups is 1. The second-order valence-electron chi connectivity index (χ2n) is 28.1. The number of hydrogen-bond donors (Lipinski definition) is 2. The molecule has 88 heavy (non-hydrogen) atoms. The molecule has 0 aromatic heterocycles. The molecule has 3 heterocycles. The maximum absolute atomic E-state index is 15.8. The SMILES string of the molecule is CCC(C)[C@@H]1CC(=O)[C@@H]2CCCN2C(=O)C(Cc2cccc(B3OC(C)(C)C(C)(C)O3)c2)N(C)C(=O)[C@H](Cc2ccccc2)NC(=O)[C@H](C(C)C)N(C)C(=O)[C@@H](C(C)CC)OC(=O)[C@H](C(C)(C)O)N(C)C(=O)[C@H](CC(C)C)CC(=O)[C@H](C(C)C)N(C)C1=O. The zero-order chi connectivity index (χ0) is 66.2. The first-order valence-corrected chi connectivity index (χ1v) is 32.0.